The molecule has 0 aromatic heterocycles. The third-order valence-corrected chi connectivity index (χ3v) is 5.64. The van der Waals surface area contributed by atoms with Gasteiger partial charge in [-0.15, -0.1) is 0 Å². The number of fused-ring (bicyclic) bond motifs is 1. The lowest BCUT2D eigenvalue weighted by Gasteiger charge is -2.50. The predicted molar refractivity (Wildman–Crippen MR) is 117 cm³/mol. The third kappa shape index (κ3) is 4.34. The maximum Gasteiger partial charge on any atom is 0.271 e. The van der Waals surface area contributed by atoms with E-state index in [0.717, 1.165) is 17.5 Å². The van der Waals surface area contributed by atoms with Gasteiger partial charge in [0.05, 0.1) is 6.21 Å². The Morgan fingerprint density at radius 3 is 2.69 bits per heavy atom. The molecule has 29 heavy (non-hydrogen) atoms. The van der Waals surface area contributed by atoms with Crippen molar-refractivity contribution in [1.82, 2.24) is 5.43 Å². The van der Waals surface area contributed by atoms with E-state index >= 15 is 0 Å². The molecular weight excluding hydrogens is 365 g/mol. The number of nitrogens with zero attached hydrogens (tertiary/aromatic N) is 2. The smallest absolute Gasteiger partial charge is 0.271 e. The molecule has 0 fully saturated rings. The first-order chi connectivity index (χ1) is 13.6. The van der Waals surface area contributed by atoms with Gasteiger partial charge in [-0.2, -0.15) is 5.10 Å². The third-order valence-electron chi connectivity index (χ3n) is 5.64. The summed E-state index contributed by atoms with van der Waals surface area (Å²) in [6, 6.07) is 10.4. The van der Waals surface area contributed by atoms with Crippen LogP contribution in [-0.2, 0) is 0 Å². The number of anilines is 1. The number of benzene rings is 2. The normalized spacial score (nSPS) is 18.2. The summed E-state index contributed by atoms with van der Waals surface area (Å²) in [6.45, 7) is 13.4. The van der Waals surface area contributed by atoms with E-state index in [1.807, 2.05) is 0 Å². The van der Waals surface area contributed by atoms with Crippen molar-refractivity contribution in [2.45, 2.75) is 65.5 Å². The molecule has 1 aliphatic heterocycles. The maximum absolute atomic E-state index is 13.3. The summed E-state index contributed by atoms with van der Waals surface area (Å²) in [5.41, 5.74) is 7.49. The number of rotatable bonds is 4. The van der Waals surface area contributed by atoms with E-state index in [1.54, 1.807) is 12.3 Å². The molecule has 2 aromatic rings. The molecule has 1 atom stereocenters. The average Bonchev–Trinajstić information content (AvgIpc) is 2.61. The fourth-order valence-corrected chi connectivity index (χ4v) is 4.59. The number of hydrogen-bond acceptors (Lipinski definition) is 3. The van der Waals surface area contributed by atoms with Crippen LogP contribution in [0, 0.1) is 12.7 Å². The van der Waals surface area contributed by atoms with Gasteiger partial charge >= 0.3 is 0 Å². The van der Waals surface area contributed by atoms with Crippen molar-refractivity contribution in [2.24, 2.45) is 5.10 Å². The van der Waals surface area contributed by atoms with Crippen LogP contribution in [0.3, 0.4) is 0 Å². The van der Waals surface area contributed by atoms with Crippen molar-refractivity contribution in [3.05, 3.63) is 64.5 Å². The van der Waals surface area contributed by atoms with Crippen LogP contribution >= 0.6 is 0 Å². The SMILES string of the molecule is Cc1cc2c(cc1/C=N/NC(=O)c1cccc(F)c1)C(C)CC(C)(C)N2C(C)C. The van der Waals surface area contributed by atoms with E-state index < -0.39 is 11.7 Å². The van der Waals surface area contributed by atoms with Crippen molar-refractivity contribution < 1.29 is 9.18 Å². The number of halogens is 1. The number of carbonyl (C=O) groups excluding carboxylic acids is 1. The van der Waals surface area contributed by atoms with Crippen LogP contribution in [0.5, 0.6) is 0 Å². The second-order valence-electron chi connectivity index (χ2n) is 8.86. The summed E-state index contributed by atoms with van der Waals surface area (Å²) in [6.07, 6.45) is 2.74. The van der Waals surface area contributed by atoms with E-state index in [4.69, 9.17) is 0 Å². The molecule has 0 spiro atoms. The zero-order chi connectivity index (χ0) is 21.3. The molecule has 0 bridgehead atoms. The van der Waals surface area contributed by atoms with Crippen molar-refractivity contribution >= 4 is 17.8 Å². The van der Waals surface area contributed by atoms with Crippen LogP contribution < -0.4 is 10.3 Å². The van der Waals surface area contributed by atoms with E-state index in [9.17, 15) is 9.18 Å². The Balaban J connectivity index is 1.86. The Labute approximate surface area is 172 Å². The standard InChI is InChI=1S/C24H30FN3O/c1-15(2)28-22-10-16(3)19(12-21(22)17(4)13-24(28,5)6)14-26-27-23(29)18-8-7-9-20(25)11-18/h7-12,14-15,17H,13H2,1-6H3,(H,27,29)/b26-14+. The summed E-state index contributed by atoms with van der Waals surface area (Å²) in [4.78, 5) is 14.6. The Morgan fingerprint density at radius 2 is 2.03 bits per heavy atom. The Hall–Kier alpha value is -2.69. The fourth-order valence-electron chi connectivity index (χ4n) is 4.59. The molecule has 1 heterocycles. The lowest BCUT2D eigenvalue weighted by Crippen LogP contribution is -2.51. The quantitative estimate of drug-likeness (QED) is 0.556. The number of aryl methyl sites for hydroxylation is 1. The zero-order valence-corrected chi connectivity index (χ0v) is 18.1. The lowest BCUT2D eigenvalue weighted by atomic mass is 9.78. The molecule has 154 valence electrons. The molecule has 5 heteroatoms. The fraction of sp³-hybridized carbons (Fsp3) is 0.417. The molecule has 3 rings (SSSR count). The number of hydrazone groups is 1. The van der Waals surface area contributed by atoms with Gasteiger partial charge in [0, 0.05) is 22.8 Å². The Kier molecular flexibility index (Phi) is 5.78. The average molecular weight is 396 g/mol. The summed E-state index contributed by atoms with van der Waals surface area (Å²) in [7, 11) is 0. The second-order valence-corrected chi connectivity index (χ2v) is 8.86. The predicted octanol–water partition coefficient (Wildman–Crippen LogP) is 5.40. The first-order valence-electron chi connectivity index (χ1n) is 10.1. The zero-order valence-electron chi connectivity index (χ0n) is 18.1. The van der Waals surface area contributed by atoms with Gasteiger partial charge in [0.1, 0.15) is 5.82 Å². The number of carbonyl (C=O) groups is 1. The van der Waals surface area contributed by atoms with Gasteiger partial charge < -0.3 is 4.90 Å². The van der Waals surface area contributed by atoms with E-state index in [1.165, 1.54) is 29.4 Å². The molecule has 0 aliphatic carbocycles. The van der Waals surface area contributed by atoms with Gasteiger partial charge in [0.15, 0.2) is 0 Å². The first kappa shape index (κ1) is 21.0. The van der Waals surface area contributed by atoms with Crippen molar-refractivity contribution in [3.63, 3.8) is 0 Å². The molecule has 2 aromatic carbocycles. The number of nitrogens with one attached hydrogen (secondary N) is 1. The summed E-state index contributed by atoms with van der Waals surface area (Å²) in [5.74, 6) is -0.444. The van der Waals surface area contributed by atoms with Crippen molar-refractivity contribution in [2.75, 3.05) is 4.90 Å². The van der Waals surface area contributed by atoms with Gasteiger partial charge in [-0.25, -0.2) is 9.82 Å². The topological polar surface area (TPSA) is 44.7 Å². The molecule has 0 saturated heterocycles. The highest BCUT2D eigenvalue weighted by Crippen LogP contribution is 2.45. The molecule has 1 unspecified atom stereocenters. The minimum absolute atomic E-state index is 0.0988. The van der Waals surface area contributed by atoms with Gasteiger partial charge in [0.25, 0.3) is 5.91 Å². The molecule has 0 radical (unpaired) electrons. The summed E-state index contributed by atoms with van der Waals surface area (Å²) >= 11 is 0. The van der Waals surface area contributed by atoms with E-state index in [-0.39, 0.29) is 11.1 Å². The first-order valence-corrected chi connectivity index (χ1v) is 10.1. The maximum atomic E-state index is 13.3. The number of hydrogen-bond donors (Lipinski definition) is 1. The highest BCUT2D eigenvalue weighted by molar-refractivity contribution is 5.95. The van der Waals surface area contributed by atoms with E-state index in [0.29, 0.717) is 12.0 Å². The summed E-state index contributed by atoms with van der Waals surface area (Å²) in [5, 5.41) is 4.10. The lowest BCUT2D eigenvalue weighted by molar-refractivity contribution is 0.0954. The molecule has 4 nitrogen and oxygen atoms in total. The molecule has 1 N–H and O–H groups in total. The largest absolute Gasteiger partial charge is 0.364 e. The molecule has 1 aliphatic rings. The van der Waals surface area contributed by atoms with E-state index in [2.05, 4.69) is 69.1 Å². The Morgan fingerprint density at radius 1 is 1.31 bits per heavy atom. The van der Waals surface area contributed by atoms with Gasteiger partial charge in [-0.05, 0) is 94.0 Å². The number of amides is 1. The molecular formula is C24H30FN3O. The highest BCUT2D eigenvalue weighted by atomic mass is 19.1. The van der Waals surface area contributed by atoms with Crippen LogP contribution in [0.2, 0.25) is 0 Å². The minimum Gasteiger partial charge on any atom is -0.364 e. The summed E-state index contributed by atoms with van der Waals surface area (Å²) < 4.78 is 13.3. The van der Waals surface area contributed by atoms with Gasteiger partial charge in [-0.1, -0.05) is 13.0 Å². The van der Waals surface area contributed by atoms with Crippen LogP contribution in [0.1, 0.15) is 74.0 Å². The Bertz CT molecular complexity index is 949. The van der Waals surface area contributed by atoms with Crippen LogP contribution in [0.4, 0.5) is 10.1 Å². The van der Waals surface area contributed by atoms with Crippen LogP contribution in [0.25, 0.3) is 0 Å². The minimum atomic E-state index is -0.446. The van der Waals surface area contributed by atoms with Crippen LogP contribution in [0.15, 0.2) is 41.5 Å². The highest BCUT2D eigenvalue weighted by Gasteiger charge is 2.37. The second kappa shape index (κ2) is 7.97. The van der Waals surface area contributed by atoms with Crippen molar-refractivity contribution in [1.29, 1.82) is 0 Å². The van der Waals surface area contributed by atoms with Gasteiger partial charge in [0.2, 0.25) is 0 Å². The van der Waals surface area contributed by atoms with Crippen molar-refractivity contribution in [3.8, 4) is 0 Å². The molecule has 1 amide bonds. The van der Waals surface area contributed by atoms with Gasteiger partial charge in [-0.3, -0.25) is 4.79 Å². The van der Waals surface area contributed by atoms with Crippen LogP contribution in [-0.4, -0.2) is 23.7 Å². The monoisotopic (exact) mass is 395 g/mol. The molecule has 0 saturated carbocycles.